The van der Waals surface area contributed by atoms with Gasteiger partial charge in [0.15, 0.2) is 11.5 Å². The van der Waals surface area contributed by atoms with Crippen LogP contribution in [0.25, 0.3) is 11.3 Å². The number of furan rings is 1. The van der Waals surface area contributed by atoms with Gasteiger partial charge in [-0.3, -0.25) is 9.69 Å². The molecule has 1 saturated heterocycles. The number of halogens is 1. The van der Waals surface area contributed by atoms with Gasteiger partial charge in [0.25, 0.3) is 5.91 Å². The number of hydrogen-bond acceptors (Lipinski definition) is 6. The van der Waals surface area contributed by atoms with Crippen LogP contribution >= 0.6 is 12.4 Å². The van der Waals surface area contributed by atoms with Gasteiger partial charge in [0.1, 0.15) is 17.3 Å². The Labute approximate surface area is 181 Å². The van der Waals surface area contributed by atoms with Crippen LogP contribution in [-0.2, 0) is 0 Å². The molecule has 7 nitrogen and oxygen atoms in total. The summed E-state index contributed by atoms with van der Waals surface area (Å²) in [5.74, 6) is 2.78. The zero-order valence-electron chi connectivity index (χ0n) is 17.1. The predicted octanol–water partition coefficient (Wildman–Crippen LogP) is 4.24. The number of benzene rings is 1. The van der Waals surface area contributed by atoms with Crippen molar-refractivity contribution in [2.75, 3.05) is 26.7 Å². The number of aryl methyl sites for hydroxylation is 1. The molecule has 160 valence electrons. The number of rotatable bonds is 7. The highest BCUT2D eigenvalue weighted by Gasteiger charge is 2.27. The van der Waals surface area contributed by atoms with Crippen molar-refractivity contribution in [3.05, 3.63) is 59.7 Å². The Bertz CT molecular complexity index is 961. The number of amides is 1. The molecule has 0 radical (unpaired) electrons. The molecule has 0 bridgehead atoms. The van der Waals surface area contributed by atoms with Gasteiger partial charge in [-0.1, -0.05) is 5.16 Å². The summed E-state index contributed by atoms with van der Waals surface area (Å²) in [6.45, 7) is 4.40. The second-order valence-corrected chi connectivity index (χ2v) is 7.22. The second-order valence-electron chi connectivity index (χ2n) is 7.22. The number of hydrogen-bond donors (Lipinski definition) is 1. The number of nitrogens with zero attached hydrogens (tertiary/aromatic N) is 2. The van der Waals surface area contributed by atoms with Crippen LogP contribution in [-0.4, -0.2) is 42.7 Å². The first-order valence-corrected chi connectivity index (χ1v) is 9.84. The number of carbonyl (C=O) groups excluding carboxylic acids is 1. The Balaban J connectivity index is 0.00000256. The summed E-state index contributed by atoms with van der Waals surface area (Å²) in [6.07, 6.45) is 2.33. The maximum atomic E-state index is 12.6. The third kappa shape index (κ3) is 4.86. The molecule has 0 aliphatic carbocycles. The van der Waals surface area contributed by atoms with Crippen molar-refractivity contribution in [1.29, 1.82) is 0 Å². The topological polar surface area (TPSA) is 80.7 Å². The van der Waals surface area contributed by atoms with Gasteiger partial charge in [0.05, 0.1) is 13.2 Å². The van der Waals surface area contributed by atoms with Gasteiger partial charge in [-0.15, -0.1) is 12.4 Å². The van der Waals surface area contributed by atoms with Crippen molar-refractivity contribution in [2.45, 2.75) is 25.8 Å². The van der Waals surface area contributed by atoms with Crippen molar-refractivity contribution in [2.24, 2.45) is 0 Å². The number of ether oxygens (including phenoxy) is 1. The third-order valence-electron chi connectivity index (χ3n) is 5.24. The standard InChI is InChI=1S/C22H25N3O4.ClH/c1-15-5-10-20(28-15)19(25-11-3-4-12-25)14-23-22(26)18-13-21(29-24-18)16-6-8-17(27-2)9-7-16;/h5-10,13,19H,3-4,11-12,14H2,1-2H3,(H,23,26);1H. The zero-order valence-corrected chi connectivity index (χ0v) is 17.9. The van der Waals surface area contributed by atoms with E-state index in [-0.39, 0.29) is 30.0 Å². The first-order chi connectivity index (χ1) is 14.1. The fraction of sp³-hybridized carbons (Fsp3) is 0.364. The molecule has 1 fully saturated rings. The van der Waals surface area contributed by atoms with Gasteiger partial charge in [-0.05, 0) is 69.3 Å². The molecule has 1 amide bonds. The van der Waals surface area contributed by atoms with Crippen molar-refractivity contribution < 1.29 is 18.5 Å². The fourth-order valence-corrected chi connectivity index (χ4v) is 3.65. The van der Waals surface area contributed by atoms with E-state index in [0.29, 0.717) is 12.3 Å². The molecule has 2 aromatic heterocycles. The molecule has 0 spiro atoms. The van der Waals surface area contributed by atoms with Crippen LogP contribution in [0.15, 0.2) is 51.4 Å². The average Bonchev–Trinajstić information content (AvgIpc) is 3.50. The highest BCUT2D eigenvalue weighted by Crippen LogP contribution is 2.27. The minimum atomic E-state index is -0.263. The molecule has 4 rings (SSSR count). The highest BCUT2D eigenvalue weighted by molar-refractivity contribution is 5.93. The molecular formula is C22H26ClN3O4. The molecule has 1 aliphatic heterocycles. The maximum Gasteiger partial charge on any atom is 0.273 e. The van der Waals surface area contributed by atoms with Crippen LogP contribution in [0, 0.1) is 6.92 Å². The summed E-state index contributed by atoms with van der Waals surface area (Å²) < 4.78 is 16.4. The minimum Gasteiger partial charge on any atom is -0.497 e. The molecule has 1 unspecified atom stereocenters. The number of methoxy groups -OCH3 is 1. The summed E-state index contributed by atoms with van der Waals surface area (Å²) in [5, 5.41) is 6.92. The normalized spacial score (nSPS) is 14.9. The summed E-state index contributed by atoms with van der Waals surface area (Å²) >= 11 is 0. The van der Waals surface area contributed by atoms with E-state index in [1.807, 2.05) is 43.3 Å². The van der Waals surface area contributed by atoms with E-state index < -0.39 is 0 Å². The van der Waals surface area contributed by atoms with Crippen molar-refractivity contribution in [1.82, 2.24) is 15.4 Å². The number of nitrogens with one attached hydrogen (secondary N) is 1. The Morgan fingerprint density at radius 3 is 2.57 bits per heavy atom. The lowest BCUT2D eigenvalue weighted by Gasteiger charge is -2.25. The van der Waals surface area contributed by atoms with E-state index in [1.165, 1.54) is 12.8 Å². The number of aromatic nitrogens is 1. The summed E-state index contributed by atoms with van der Waals surface area (Å²) in [5.41, 5.74) is 1.09. The predicted molar refractivity (Wildman–Crippen MR) is 115 cm³/mol. The van der Waals surface area contributed by atoms with Crippen LogP contribution < -0.4 is 10.1 Å². The van der Waals surface area contributed by atoms with Gasteiger partial charge in [0.2, 0.25) is 0 Å². The molecule has 1 atom stereocenters. The van der Waals surface area contributed by atoms with E-state index in [1.54, 1.807) is 13.2 Å². The van der Waals surface area contributed by atoms with E-state index in [2.05, 4.69) is 15.4 Å². The van der Waals surface area contributed by atoms with Crippen LogP contribution in [0.5, 0.6) is 5.75 Å². The minimum absolute atomic E-state index is 0. The van der Waals surface area contributed by atoms with Crippen LogP contribution in [0.3, 0.4) is 0 Å². The lowest BCUT2D eigenvalue weighted by molar-refractivity contribution is 0.0924. The fourth-order valence-electron chi connectivity index (χ4n) is 3.65. The SMILES string of the molecule is COc1ccc(-c2cc(C(=O)NCC(c3ccc(C)o3)N3CCCC3)no2)cc1.Cl. The van der Waals surface area contributed by atoms with Crippen LogP contribution in [0.4, 0.5) is 0 Å². The third-order valence-corrected chi connectivity index (χ3v) is 5.24. The molecule has 8 heteroatoms. The van der Waals surface area contributed by atoms with Gasteiger partial charge in [0, 0.05) is 18.2 Å². The summed E-state index contributed by atoms with van der Waals surface area (Å²) in [7, 11) is 1.62. The van der Waals surface area contributed by atoms with Crippen molar-refractivity contribution >= 4 is 18.3 Å². The molecule has 1 aromatic carbocycles. The summed E-state index contributed by atoms with van der Waals surface area (Å²) in [6, 6.07) is 13.0. The lowest BCUT2D eigenvalue weighted by atomic mass is 10.1. The largest absolute Gasteiger partial charge is 0.497 e. The Morgan fingerprint density at radius 1 is 1.20 bits per heavy atom. The van der Waals surface area contributed by atoms with Crippen molar-refractivity contribution in [3.63, 3.8) is 0 Å². The van der Waals surface area contributed by atoms with E-state index in [4.69, 9.17) is 13.7 Å². The lowest BCUT2D eigenvalue weighted by Crippen LogP contribution is -2.36. The molecule has 1 aliphatic rings. The Hall–Kier alpha value is -2.77. The second kappa shape index (κ2) is 9.82. The highest BCUT2D eigenvalue weighted by atomic mass is 35.5. The van der Waals surface area contributed by atoms with Gasteiger partial charge in [-0.2, -0.15) is 0 Å². The number of likely N-dealkylation sites (tertiary alicyclic amines) is 1. The molecule has 1 N–H and O–H groups in total. The number of carbonyl (C=O) groups is 1. The van der Waals surface area contributed by atoms with Gasteiger partial charge in [-0.25, -0.2) is 0 Å². The molecule has 3 aromatic rings. The Morgan fingerprint density at radius 2 is 1.93 bits per heavy atom. The average molecular weight is 432 g/mol. The molecule has 30 heavy (non-hydrogen) atoms. The quantitative estimate of drug-likeness (QED) is 0.602. The maximum absolute atomic E-state index is 12.6. The van der Waals surface area contributed by atoms with Gasteiger partial charge < -0.3 is 19.0 Å². The Kier molecular flexibility index (Phi) is 7.18. The van der Waals surface area contributed by atoms with E-state index in [9.17, 15) is 4.79 Å². The van der Waals surface area contributed by atoms with Crippen molar-refractivity contribution in [3.8, 4) is 17.1 Å². The monoisotopic (exact) mass is 431 g/mol. The van der Waals surface area contributed by atoms with Crippen LogP contribution in [0.2, 0.25) is 0 Å². The molecule has 3 heterocycles. The smallest absolute Gasteiger partial charge is 0.273 e. The zero-order chi connectivity index (χ0) is 20.2. The van der Waals surface area contributed by atoms with Gasteiger partial charge >= 0.3 is 0 Å². The first kappa shape index (κ1) is 21.9. The van der Waals surface area contributed by atoms with E-state index >= 15 is 0 Å². The molecule has 0 saturated carbocycles. The first-order valence-electron chi connectivity index (χ1n) is 9.84. The van der Waals surface area contributed by atoms with E-state index in [0.717, 1.165) is 35.9 Å². The summed E-state index contributed by atoms with van der Waals surface area (Å²) in [4.78, 5) is 15.0. The van der Waals surface area contributed by atoms with Crippen LogP contribution in [0.1, 0.15) is 40.9 Å². The molecular weight excluding hydrogens is 406 g/mol.